The number of nitrogens with zero attached hydrogens (tertiary/aromatic N) is 1. The Labute approximate surface area is 122 Å². The van der Waals surface area contributed by atoms with Crippen LogP contribution in [0.2, 0.25) is 5.02 Å². The van der Waals surface area contributed by atoms with Gasteiger partial charge in [-0.05, 0) is 35.9 Å². The lowest BCUT2D eigenvalue weighted by atomic mass is 10.3. The predicted octanol–water partition coefficient (Wildman–Crippen LogP) is 3.92. The average molecular weight is 320 g/mol. The lowest BCUT2D eigenvalue weighted by Crippen LogP contribution is -2.16. The van der Waals surface area contributed by atoms with Gasteiger partial charge in [0.1, 0.15) is 16.5 Å². The minimum atomic E-state index is -4.74. The molecule has 0 radical (unpaired) electrons. The Kier molecular flexibility index (Phi) is 4.54. The highest BCUT2D eigenvalue weighted by molar-refractivity contribution is 6.31. The molecule has 1 aromatic carbocycles. The van der Waals surface area contributed by atoms with Crippen molar-refractivity contribution in [1.29, 1.82) is 0 Å². The van der Waals surface area contributed by atoms with Crippen molar-refractivity contribution < 1.29 is 27.8 Å². The van der Waals surface area contributed by atoms with E-state index >= 15 is 0 Å². The number of hydrogen-bond donors (Lipinski definition) is 1. The fourth-order valence-electron chi connectivity index (χ4n) is 1.45. The molecule has 21 heavy (non-hydrogen) atoms. The van der Waals surface area contributed by atoms with Crippen LogP contribution in [0, 0.1) is 0 Å². The summed E-state index contributed by atoms with van der Waals surface area (Å²) in [5.41, 5.74) is 0.515. The van der Waals surface area contributed by atoms with Crippen LogP contribution in [-0.2, 0) is 6.61 Å². The summed E-state index contributed by atoms with van der Waals surface area (Å²) in [5.74, 6) is -0.0291. The largest absolute Gasteiger partial charge is 0.573 e. The number of aliphatic hydroxyl groups is 1. The van der Waals surface area contributed by atoms with Crippen molar-refractivity contribution in [1.82, 2.24) is 4.98 Å². The van der Waals surface area contributed by atoms with Crippen molar-refractivity contribution in [2.45, 2.75) is 13.0 Å². The van der Waals surface area contributed by atoms with E-state index in [1.54, 1.807) is 0 Å². The van der Waals surface area contributed by atoms with Crippen molar-refractivity contribution in [3.05, 3.63) is 47.1 Å². The topological polar surface area (TPSA) is 51.6 Å². The predicted molar refractivity (Wildman–Crippen MR) is 68.4 cm³/mol. The van der Waals surface area contributed by atoms with E-state index in [0.717, 1.165) is 12.1 Å². The van der Waals surface area contributed by atoms with Crippen molar-refractivity contribution in [3.8, 4) is 17.4 Å². The summed E-state index contributed by atoms with van der Waals surface area (Å²) in [7, 11) is 0. The van der Waals surface area contributed by atoms with Crippen LogP contribution < -0.4 is 9.47 Å². The number of aromatic nitrogens is 1. The summed E-state index contributed by atoms with van der Waals surface area (Å²) < 4.78 is 45.1. The Hall–Kier alpha value is -1.99. The first-order chi connectivity index (χ1) is 9.87. The second-order valence-corrected chi connectivity index (χ2v) is 4.32. The Balaban J connectivity index is 2.10. The van der Waals surface area contributed by atoms with Crippen molar-refractivity contribution >= 4 is 11.6 Å². The van der Waals surface area contributed by atoms with E-state index in [9.17, 15) is 13.2 Å². The van der Waals surface area contributed by atoms with Gasteiger partial charge in [0.25, 0.3) is 0 Å². The highest BCUT2D eigenvalue weighted by atomic mass is 35.5. The minimum absolute atomic E-state index is 0.0818. The molecule has 0 unspecified atom stereocenters. The molecule has 0 aliphatic heterocycles. The quantitative estimate of drug-likeness (QED) is 0.928. The second kappa shape index (κ2) is 6.19. The van der Waals surface area contributed by atoms with Crippen LogP contribution in [0.15, 0.2) is 36.5 Å². The standard InChI is InChI=1S/C13H9ClF3NO3/c14-11-5-8(7-19)6-18-12(11)20-9-1-3-10(4-2-9)21-13(15,16)17/h1-6,19H,7H2. The van der Waals surface area contributed by atoms with Gasteiger partial charge in [0, 0.05) is 6.20 Å². The monoisotopic (exact) mass is 319 g/mol. The van der Waals surface area contributed by atoms with Gasteiger partial charge in [-0.2, -0.15) is 0 Å². The van der Waals surface area contributed by atoms with Crippen molar-refractivity contribution in [2.24, 2.45) is 0 Å². The summed E-state index contributed by atoms with van der Waals surface area (Å²) in [6.07, 6.45) is -3.37. The van der Waals surface area contributed by atoms with Gasteiger partial charge in [-0.1, -0.05) is 11.6 Å². The summed E-state index contributed by atoms with van der Waals surface area (Å²) in [5, 5.41) is 9.10. The van der Waals surface area contributed by atoms with E-state index in [1.807, 2.05) is 0 Å². The van der Waals surface area contributed by atoms with Gasteiger partial charge in [-0.3, -0.25) is 0 Å². The zero-order valence-electron chi connectivity index (χ0n) is 10.4. The van der Waals surface area contributed by atoms with Gasteiger partial charge >= 0.3 is 6.36 Å². The molecule has 0 aliphatic rings. The van der Waals surface area contributed by atoms with Crippen LogP contribution in [0.3, 0.4) is 0 Å². The Morgan fingerprint density at radius 1 is 1.14 bits per heavy atom. The smallest absolute Gasteiger partial charge is 0.438 e. The highest BCUT2D eigenvalue weighted by Crippen LogP contribution is 2.30. The van der Waals surface area contributed by atoms with Gasteiger partial charge in [0.05, 0.1) is 6.61 Å². The number of benzene rings is 1. The lowest BCUT2D eigenvalue weighted by molar-refractivity contribution is -0.274. The lowest BCUT2D eigenvalue weighted by Gasteiger charge is -2.10. The van der Waals surface area contributed by atoms with Gasteiger partial charge in [0.2, 0.25) is 5.88 Å². The Morgan fingerprint density at radius 3 is 2.29 bits per heavy atom. The SMILES string of the molecule is OCc1cnc(Oc2ccc(OC(F)(F)F)cc2)c(Cl)c1. The molecule has 0 bridgehead atoms. The first-order valence-electron chi connectivity index (χ1n) is 5.66. The third-order valence-corrected chi connectivity index (χ3v) is 2.59. The van der Waals surface area contributed by atoms with Crippen LogP contribution in [0.5, 0.6) is 17.4 Å². The fourth-order valence-corrected chi connectivity index (χ4v) is 1.68. The molecule has 1 aromatic heterocycles. The molecule has 1 N–H and O–H groups in total. The molecule has 0 aliphatic carbocycles. The minimum Gasteiger partial charge on any atom is -0.438 e. The summed E-state index contributed by atoms with van der Waals surface area (Å²) in [6.45, 7) is -0.212. The first-order valence-corrected chi connectivity index (χ1v) is 6.04. The van der Waals surface area contributed by atoms with E-state index in [1.165, 1.54) is 24.4 Å². The molecule has 112 valence electrons. The molecular weight excluding hydrogens is 311 g/mol. The zero-order valence-corrected chi connectivity index (χ0v) is 11.1. The normalized spacial score (nSPS) is 11.3. The summed E-state index contributed by atoms with van der Waals surface area (Å²) in [4.78, 5) is 3.90. The number of pyridine rings is 1. The van der Waals surface area contributed by atoms with Crippen LogP contribution in [0.1, 0.15) is 5.56 Å². The zero-order chi connectivity index (χ0) is 15.5. The Bertz CT molecular complexity index is 617. The first kappa shape index (κ1) is 15.4. The van der Waals surface area contributed by atoms with E-state index in [0.29, 0.717) is 5.56 Å². The van der Waals surface area contributed by atoms with Gasteiger partial charge in [-0.25, -0.2) is 4.98 Å². The third-order valence-electron chi connectivity index (χ3n) is 2.32. The molecule has 2 aromatic rings. The molecule has 0 atom stereocenters. The highest BCUT2D eigenvalue weighted by Gasteiger charge is 2.30. The van der Waals surface area contributed by atoms with Crippen molar-refractivity contribution in [3.63, 3.8) is 0 Å². The molecule has 2 rings (SSSR count). The fraction of sp³-hybridized carbons (Fsp3) is 0.154. The molecule has 0 spiro atoms. The van der Waals surface area contributed by atoms with E-state index in [2.05, 4.69) is 9.72 Å². The third kappa shape index (κ3) is 4.51. The van der Waals surface area contributed by atoms with E-state index < -0.39 is 6.36 Å². The van der Waals surface area contributed by atoms with Gasteiger partial charge in [0.15, 0.2) is 0 Å². The summed E-state index contributed by atoms with van der Waals surface area (Å²) in [6, 6.07) is 6.28. The maximum atomic E-state index is 12.0. The van der Waals surface area contributed by atoms with Gasteiger partial charge in [-0.15, -0.1) is 13.2 Å². The van der Waals surface area contributed by atoms with E-state index in [4.69, 9.17) is 21.4 Å². The van der Waals surface area contributed by atoms with Crippen LogP contribution >= 0.6 is 11.6 Å². The van der Waals surface area contributed by atoms with Crippen molar-refractivity contribution in [2.75, 3.05) is 0 Å². The van der Waals surface area contributed by atoms with Crippen LogP contribution in [0.25, 0.3) is 0 Å². The molecule has 0 fully saturated rings. The summed E-state index contributed by atoms with van der Waals surface area (Å²) >= 11 is 5.90. The van der Waals surface area contributed by atoms with Gasteiger partial charge < -0.3 is 14.6 Å². The number of alkyl halides is 3. The number of rotatable bonds is 4. The molecular formula is C13H9ClF3NO3. The number of hydrogen-bond acceptors (Lipinski definition) is 4. The molecule has 0 amide bonds. The molecule has 4 nitrogen and oxygen atoms in total. The Morgan fingerprint density at radius 2 is 1.76 bits per heavy atom. The number of aliphatic hydroxyl groups excluding tert-OH is 1. The maximum Gasteiger partial charge on any atom is 0.573 e. The number of ether oxygens (including phenoxy) is 2. The van der Waals surface area contributed by atoms with E-state index in [-0.39, 0.29) is 29.0 Å². The average Bonchev–Trinajstić information content (AvgIpc) is 2.41. The van der Waals surface area contributed by atoms with Crippen LogP contribution in [-0.4, -0.2) is 16.5 Å². The molecule has 0 saturated heterocycles. The molecule has 8 heteroatoms. The molecule has 1 heterocycles. The van der Waals surface area contributed by atoms with Crippen LogP contribution in [0.4, 0.5) is 13.2 Å². The molecule has 0 saturated carbocycles. The maximum absolute atomic E-state index is 12.0. The number of halogens is 4. The second-order valence-electron chi connectivity index (χ2n) is 3.91.